The zero-order chi connectivity index (χ0) is 13.5. The maximum absolute atomic E-state index is 9.44. The highest BCUT2D eigenvalue weighted by Crippen LogP contribution is 2.44. The van der Waals surface area contributed by atoms with E-state index in [0.29, 0.717) is 12.0 Å². The Kier molecular flexibility index (Phi) is 2.86. The third kappa shape index (κ3) is 1.72. The molecule has 2 aromatic carbocycles. The van der Waals surface area contributed by atoms with E-state index in [1.54, 1.807) is 0 Å². The number of hydrogen-bond acceptors (Lipinski definition) is 2. The van der Waals surface area contributed by atoms with Gasteiger partial charge < -0.3 is 5.11 Å². The molecule has 2 nitrogen and oxygen atoms in total. The number of hydrogen-bond donors (Lipinski definition) is 1. The molecule has 0 fully saturated rings. The first kappa shape index (κ1) is 12.1. The van der Waals surface area contributed by atoms with Crippen LogP contribution in [0.4, 0.5) is 0 Å². The lowest BCUT2D eigenvalue weighted by Gasteiger charge is -2.47. The Morgan fingerprint density at radius 1 is 0.900 bits per heavy atom. The van der Waals surface area contributed by atoms with Crippen molar-refractivity contribution in [2.45, 2.75) is 31.5 Å². The fourth-order valence-corrected chi connectivity index (χ4v) is 3.97. The largest absolute Gasteiger partial charge is 0.396 e. The van der Waals surface area contributed by atoms with Crippen molar-refractivity contribution in [3.63, 3.8) is 0 Å². The van der Waals surface area contributed by atoms with E-state index in [-0.39, 0.29) is 6.61 Å². The van der Waals surface area contributed by atoms with Crippen LogP contribution >= 0.6 is 0 Å². The van der Waals surface area contributed by atoms with Crippen LogP contribution in [0.15, 0.2) is 48.5 Å². The van der Waals surface area contributed by atoms with Crippen LogP contribution in [0.5, 0.6) is 0 Å². The molecular formula is C18H19NO. The summed E-state index contributed by atoms with van der Waals surface area (Å²) in [6.07, 6.45) is 0.854. The molecule has 1 N–H and O–H groups in total. The average molecular weight is 265 g/mol. The molecule has 102 valence electrons. The molecule has 0 aliphatic carbocycles. The minimum absolute atomic E-state index is 0.266. The van der Waals surface area contributed by atoms with E-state index in [9.17, 15) is 5.11 Å². The Balaban J connectivity index is 1.91. The van der Waals surface area contributed by atoms with Gasteiger partial charge in [0.2, 0.25) is 0 Å². The summed E-state index contributed by atoms with van der Waals surface area (Å²) in [7, 11) is 0. The third-order valence-corrected chi connectivity index (χ3v) is 4.81. The Labute approximate surface area is 119 Å². The van der Waals surface area contributed by atoms with E-state index < -0.39 is 0 Å². The molecule has 20 heavy (non-hydrogen) atoms. The summed E-state index contributed by atoms with van der Waals surface area (Å²) < 4.78 is 0. The van der Waals surface area contributed by atoms with Crippen LogP contribution < -0.4 is 0 Å². The fraction of sp³-hybridized carbons (Fsp3) is 0.333. The second-order valence-electron chi connectivity index (χ2n) is 5.86. The molecule has 2 heterocycles. The van der Waals surface area contributed by atoms with Crippen molar-refractivity contribution < 1.29 is 5.11 Å². The summed E-state index contributed by atoms with van der Waals surface area (Å²) >= 11 is 0. The summed E-state index contributed by atoms with van der Waals surface area (Å²) in [5.41, 5.74) is 5.80. The molecule has 1 atom stereocenters. The molecule has 4 rings (SSSR count). The molecule has 2 bridgehead atoms. The van der Waals surface area contributed by atoms with Gasteiger partial charge in [-0.3, -0.25) is 4.90 Å². The highest BCUT2D eigenvalue weighted by Gasteiger charge is 2.39. The summed E-state index contributed by atoms with van der Waals surface area (Å²) in [5.74, 6) is 0.414. The fourth-order valence-electron chi connectivity index (χ4n) is 3.97. The first-order valence-electron chi connectivity index (χ1n) is 7.39. The Bertz CT molecular complexity index is 587. The van der Waals surface area contributed by atoms with E-state index in [4.69, 9.17) is 0 Å². The first-order valence-corrected chi connectivity index (χ1v) is 7.39. The van der Waals surface area contributed by atoms with Crippen LogP contribution in [0.1, 0.15) is 34.6 Å². The molecule has 0 radical (unpaired) electrons. The van der Waals surface area contributed by atoms with Crippen LogP contribution in [-0.2, 0) is 13.1 Å². The standard InChI is InChI=1S/C18H19NO/c20-10-9-17-18-15-7-3-1-5-13(15)11-19(17)12-14-6-2-4-8-16(14)18/h1-8,17-18,20H,9-12H2/t17-/m0/s1. The van der Waals surface area contributed by atoms with Crippen molar-refractivity contribution in [1.82, 2.24) is 4.90 Å². The summed E-state index contributed by atoms with van der Waals surface area (Å²) in [5, 5.41) is 9.44. The Morgan fingerprint density at radius 3 is 2.00 bits per heavy atom. The predicted octanol–water partition coefficient (Wildman–Crippen LogP) is 2.90. The van der Waals surface area contributed by atoms with Crippen molar-refractivity contribution >= 4 is 0 Å². The van der Waals surface area contributed by atoms with E-state index in [2.05, 4.69) is 53.4 Å². The van der Waals surface area contributed by atoms with E-state index in [0.717, 1.165) is 19.5 Å². The molecule has 0 saturated carbocycles. The Morgan fingerprint density at radius 2 is 1.45 bits per heavy atom. The smallest absolute Gasteiger partial charge is 0.0446 e. The van der Waals surface area contributed by atoms with Crippen LogP contribution in [0.2, 0.25) is 0 Å². The third-order valence-electron chi connectivity index (χ3n) is 4.81. The predicted molar refractivity (Wildman–Crippen MR) is 79.5 cm³/mol. The molecule has 0 saturated heterocycles. The van der Waals surface area contributed by atoms with Crippen LogP contribution in [0.3, 0.4) is 0 Å². The van der Waals surface area contributed by atoms with Gasteiger partial charge in [-0.2, -0.15) is 0 Å². The maximum atomic E-state index is 9.44. The normalized spacial score (nSPS) is 26.8. The zero-order valence-electron chi connectivity index (χ0n) is 11.5. The minimum Gasteiger partial charge on any atom is -0.396 e. The molecule has 0 aromatic heterocycles. The van der Waals surface area contributed by atoms with Gasteiger partial charge in [0, 0.05) is 31.7 Å². The van der Waals surface area contributed by atoms with Gasteiger partial charge in [-0.15, -0.1) is 0 Å². The quantitative estimate of drug-likeness (QED) is 0.902. The highest BCUT2D eigenvalue weighted by molar-refractivity contribution is 5.47. The van der Waals surface area contributed by atoms with Crippen molar-refractivity contribution in [3.05, 3.63) is 70.8 Å². The van der Waals surface area contributed by atoms with E-state index in [1.165, 1.54) is 22.3 Å². The molecule has 2 aliphatic heterocycles. The van der Waals surface area contributed by atoms with E-state index >= 15 is 0 Å². The highest BCUT2D eigenvalue weighted by atomic mass is 16.3. The van der Waals surface area contributed by atoms with Gasteiger partial charge in [-0.1, -0.05) is 48.5 Å². The van der Waals surface area contributed by atoms with Gasteiger partial charge in [0.05, 0.1) is 0 Å². The average Bonchev–Trinajstić information content (AvgIpc) is 2.48. The number of rotatable bonds is 2. The Hall–Kier alpha value is -1.64. The molecular weight excluding hydrogens is 246 g/mol. The van der Waals surface area contributed by atoms with Gasteiger partial charge in [0.1, 0.15) is 0 Å². The van der Waals surface area contributed by atoms with Crippen molar-refractivity contribution in [2.75, 3.05) is 6.61 Å². The molecule has 0 spiro atoms. The van der Waals surface area contributed by atoms with Crippen molar-refractivity contribution in [2.24, 2.45) is 0 Å². The summed E-state index contributed by atoms with van der Waals surface area (Å²) in [6, 6.07) is 18.0. The molecule has 0 amide bonds. The van der Waals surface area contributed by atoms with Crippen molar-refractivity contribution in [3.8, 4) is 0 Å². The summed E-state index contributed by atoms with van der Waals surface area (Å²) in [4.78, 5) is 2.53. The van der Waals surface area contributed by atoms with E-state index in [1.807, 2.05) is 0 Å². The van der Waals surface area contributed by atoms with Gasteiger partial charge >= 0.3 is 0 Å². The number of nitrogens with zero attached hydrogens (tertiary/aromatic N) is 1. The van der Waals surface area contributed by atoms with Gasteiger partial charge in [0.25, 0.3) is 0 Å². The number of aliphatic hydroxyl groups excluding tert-OH is 1. The van der Waals surface area contributed by atoms with Crippen LogP contribution in [0, 0.1) is 0 Å². The monoisotopic (exact) mass is 265 g/mol. The van der Waals surface area contributed by atoms with Gasteiger partial charge in [0.15, 0.2) is 0 Å². The molecule has 2 aliphatic rings. The van der Waals surface area contributed by atoms with Gasteiger partial charge in [-0.05, 0) is 28.7 Å². The first-order chi connectivity index (χ1) is 9.88. The van der Waals surface area contributed by atoms with Crippen LogP contribution in [-0.4, -0.2) is 22.7 Å². The lowest BCUT2D eigenvalue weighted by Crippen LogP contribution is -2.47. The molecule has 0 unspecified atom stereocenters. The second-order valence-corrected chi connectivity index (χ2v) is 5.86. The number of fused-ring (bicyclic) bond motifs is 6. The lowest BCUT2D eigenvalue weighted by molar-refractivity contribution is 0.104. The SMILES string of the molecule is OCC[C@H]1C2c3ccccc3CN1Cc1ccccc12. The van der Waals surface area contributed by atoms with Crippen LogP contribution in [0.25, 0.3) is 0 Å². The zero-order valence-corrected chi connectivity index (χ0v) is 11.5. The topological polar surface area (TPSA) is 23.5 Å². The number of benzene rings is 2. The van der Waals surface area contributed by atoms with Gasteiger partial charge in [-0.25, -0.2) is 0 Å². The minimum atomic E-state index is 0.266. The number of aliphatic hydroxyl groups is 1. The molecule has 2 heteroatoms. The van der Waals surface area contributed by atoms with Crippen molar-refractivity contribution in [1.29, 1.82) is 0 Å². The maximum Gasteiger partial charge on any atom is 0.0446 e. The summed E-state index contributed by atoms with van der Waals surface area (Å²) in [6.45, 7) is 2.28. The second kappa shape index (κ2) is 4.72. The molecule has 2 aromatic rings. The lowest BCUT2D eigenvalue weighted by atomic mass is 9.73.